The second-order valence-corrected chi connectivity index (χ2v) is 7.60. The van der Waals surface area contributed by atoms with Crippen molar-refractivity contribution in [2.75, 3.05) is 0 Å². The van der Waals surface area contributed by atoms with Gasteiger partial charge in [0.25, 0.3) is 5.89 Å². The molecule has 7 nitrogen and oxygen atoms in total. The van der Waals surface area contributed by atoms with E-state index in [0.717, 1.165) is 25.7 Å². The van der Waals surface area contributed by atoms with Gasteiger partial charge < -0.3 is 19.6 Å². The van der Waals surface area contributed by atoms with Crippen LogP contribution in [-0.2, 0) is 4.79 Å². The Morgan fingerprint density at radius 1 is 1.24 bits per heavy atom. The van der Waals surface area contributed by atoms with Gasteiger partial charge in [0.1, 0.15) is 0 Å². The van der Waals surface area contributed by atoms with Crippen LogP contribution in [0.3, 0.4) is 0 Å². The van der Waals surface area contributed by atoms with Gasteiger partial charge in [-0.15, -0.1) is 5.10 Å². The third-order valence-corrected chi connectivity index (χ3v) is 4.42. The highest BCUT2D eigenvalue weighted by molar-refractivity contribution is 5.79. The van der Waals surface area contributed by atoms with Crippen molar-refractivity contribution in [1.82, 2.24) is 15.5 Å². The fourth-order valence-electron chi connectivity index (χ4n) is 3.20. The average Bonchev–Trinajstić information content (AvgIpc) is 3.01. The molecule has 1 amide bonds. The third-order valence-electron chi connectivity index (χ3n) is 4.42. The van der Waals surface area contributed by atoms with Crippen LogP contribution in [0.25, 0.3) is 0 Å². The average molecular weight is 353 g/mol. The molecule has 2 atom stereocenters. The lowest BCUT2D eigenvalue weighted by Gasteiger charge is -2.27. The molecule has 142 valence electrons. The Bertz CT molecular complexity index is 538. The first kappa shape index (κ1) is 19.7. The quantitative estimate of drug-likeness (QED) is 0.745. The monoisotopic (exact) mass is 353 g/mol. The summed E-state index contributed by atoms with van der Waals surface area (Å²) in [7, 11) is 0. The Hall–Kier alpha value is -1.63. The summed E-state index contributed by atoms with van der Waals surface area (Å²) in [4.78, 5) is 12.6. The molecule has 0 aromatic carbocycles. The number of aliphatic hydroxyl groups is 1. The predicted molar refractivity (Wildman–Crippen MR) is 93.0 cm³/mol. The first-order valence-corrected chi connectivity index (χ1v) is 9.35. The number of carbonyl (C=O) groups excluding carboxylic acids is 1. The molecule has 1 heterocycles. The van der Waals surface area contributed by atoms with Crippen LogP contribution in [0.2, 0.25) is 0 Å². The van der Waals surface area contributed by atoms with Gasteiger partial charge in [-0.2, -0.15) is 0 Å². The minimum atomic E-state index is -1.05. The summed E-state index contributed by atoms with van der Waals surface area (Å²) in [6.07, 6.45) is 4.74. The molecule has 0 aliphatic heterocycles. The van der Waals surface area contributed by atoms with Gasteiger partial charge in [-0.1, -0.05) is 38.2 Å². The van der Waals surface area contributed by atoms with E-state index in [0.29, 0.717) is 12.3 Å². The zero-order chi connectivity index (χ0) is 18.4. The normalized spacial score (nSPS) is 18.4. The second kappa shape index (κ2) is 9.17. The Kier molecular flexibility index (Phi) is 7.23. The number of hydrogen-bond donors (Lipinski definition) is 2. The molecule has 1 aromatic heterocycles. The van der Waals surface area contributed by atoms with Crippen molar-refractivity contribution in [3.63, 3.8) is 0 Å². The molecule has 1 aromatic rings. The van der Waals surface area contributed by atoms with Crippen molar-refractivity contribution in [1.29, 1.82) is 0 Å². The molecule has 7 heteroatoms. The van der Waals surface area contributed by atoms with Gasteiger partial charge >= 0.3 is 6.08 Å². The number of nitrogens with one attached hydrogen (secondary N) is 1. The number of aromatic nitrogens is 2. The lowest BCUT2D eigenvalue weighted by molar-refractivity contribution is -0.127. The smallest absolute Gasteiger partial charge is 0.414 e. The van der Waals surface area contributed by atoms with E-state index in [1.54, 1.807) is 0 Å². The van der Waals surface area contributed by atoms with E-state index in [9.17, 15) is 9.90 Å². The topological polar surface area (TPSA) is 97.5 Å². The summed E-state index contributed by atoms with van der Waals surface area (Å²) in [5.41, 5.74) is 0. The lowest BCUT2D eigenvalue weighted by atomic mass is 9.88. The van der Waals surface area contributed by atoms with E-state index in [1.165, 1.54) is 6.42 Å². The van der Waals surface area contributed by atoms with Crippen molar-refractivity contribution < 1.29 is 19.1 Å². The molecule has 25 heavy (non-hydrogen) atoms. The second-order valence-electron chi connectivity index (χ2n) is 7.60. The molecule has 0 spiro atoms. The fourth-order valence-corrected chi connectivity index (χ4v) is 3.20. The van der Waals surface area contributed by atoms with E-state index < -0.39 is 12.1 Å². The number of nitrogens with zero attached hydrogens (tertiary/aromatic N) is 2. The number of aliphatic hydroxyl groups excluding tert-OH is 1. The van der Waals surface area contributed by atoms with Crippen molar-refractivity contribution in [3.8, 4) is 6.08 Å². The standard InChI is InChI=1S/C18H31N3O4/c1-11(2)10-14(19-16(23)13-8-6-5-7-9-13)15(22)17-20-21-18(25-17)24-12(3)4/h11-15,22H,5-10H2,1-4H3,(H,19,23)/t14-,15?/m0/s1. The largest absolute Gasteiger partial charge is 0.446 e. The first-order chi connectivity index (χ1) is 11.9. The van der Waals surface area contributed by atoms with Crippen molar-refractivity contribution in [3.05, 3.63) is 5.89 Å². The van der Waals surface area contributed by atoms with Gasteiger partial charge in [-0.3, -0.25) is 4.79 Å². The van der Waals surface area contributed by atoms with E-state index >= 15 is 0 Å². The van der Waals surface area contributed by atoms with Crippen molar-refractivity contribution in [2.24, 2.45) is 11.8 Å². The summed E-state index contributed by atoms with van der Waals surface area (Å²) in [6.45, 7) is 7.81. The highest BCUT2D eigenvalue weighted by Crippen LogP contribution is 2.27. The van der Waals surface area contributed by atoms with Gasteiger partial charge in [0.05, 0.1) is 12.1 Å². The van der Waals surface area contributed by atoms with Crippen LogP contribution < -0.4 is 10.1 Å². The molecule has 0 saturated heterocycles. The van der Waals surface area contributed by atoms with Crippen molar-refractivity contribution in [2.45, 2.75) is 84.5 Å². The predicted octanol–water partition coefficient (Wildman–Crippen LogP) is 3.00. The number of hydrogen-bond acceptors (Lipinski definition) is 6. The molecular formula is C18H31N3O4. The Morgan fingerprint density at radius 2 is 1.92 bits per heavy atom. The number of ether oxygens (including phenoxy) is 1. The molecule has 0 bridgehead atoms. The number of rotatable bonds is 8. The number of carbonyl (C=O) groups is 1. The molecule has 2 rings (SSSR count). The Balaban J connectivity index is 2.04. The zero-order valence-corrected chi connectivity index (χ0v) is 15.7. The molecule has 1 fully saturated rings. The maximum atomic E-state index is 12.6. The molecular weight excluding hydrogens is 322 g/mol. The summed E-state index contributed by atoms with van der Waals surface area (Å²) in [5, 5.41) is 21.3. The van der Waals surface area contributed by atoms with E-state index in [1.807, 2.05) is 27.7 Å². The van der Waals surface area contributed by atoms with Crippen LogP contribution in [0.5, 0.6) is 6.08 Å². The molecule has 1 aliphatic carbocycles. The molecule has 1 unspecified atom stereocenters. The van der Waals surface area contributed by atoms with Crippen LogP contribution in [0, 0.1) is 11.8 Å². The summed E-state index contributed by atoms with van der Waals surface area (Å²) < 4.78 is 10.7. The fraction of sp³-hybridized carbons (Fsp3) is 0.833. The Labute approximate surface area is 149 Å². The van der Waals surface area contributed by atoms with Gasteiger partial charge in [0.2, 0.25) is 5.91 Å². The molecule has 0 radical (unpaired) electrons. The van der Waals surface area contributed by atoms with Crippen LogP contribution in [0.4, 0.5) is 0 Å². The maximum Gasteiger partial charge on any atom is 0.414 e. The lowest BCUT2D eigenvalue weighted by Crippen LogP contribution is -2.43. The highest BCUT2D eigenvalue weighted by atomic mass is 16.6. The van der Waals surface area contributed by atoms with Gasteiger partial charge in [0.15, 0.2) is 6.10 Å². The maximum absolute atomic E-state index is 12.6. The van der Waals surface area contributed by atoms with Gasteiger partial charge in [0, 0.05) is 5.92 Å². The summed E-state index contributed by atoms with van der Waals surface area (Å²) in [6, 6.07) is -0.457. The van der Waals surface area contributed by atoms with Crippen LogP contribution >= 0.6 is 0 Å². The van der Waals surface area contributed by atoms with E-state index in [4.69, 9.17) is 9.15 Å². The molecule has 1 aliphatic rings. The minimum absolute atomic E-state index is 0.0163. The Morgan fingerprint density at radius 3 is 2.52 bits per heavy atom. The third kappa shape index (κ3) is 5.99. The van der Waals surface area contributed by atoms with E-state index in [-0.39, 0.29) is 29.9 Å². The van der Waals surface area contributed by atoms with Gasteiger partial charge in [-0.05, 0) is 39.0 Å². The summed E-state index contributed by atoms with van der Waals surface area (Å²) >= 11 is 0. The first-order valence-electron chi connectivity index (χ1n) is 9.35. The zero-order valence-electron chi connectivity index (χ0n) is 15.7. The van der Waals surface area contributed by atoms with Crippen molar-refractivity contribution >= 4 is 5.91 Å². The van der Waals surface area contributed by atoms with E-state index in [2.05, 4.69) is 15.5 Å². The van der Waals surface area contributed by atoms with Crippen LogP contribution in [-0.4, -0.2) is 33.4 Å². The molecule has 1 saturated carbocycles. The van der Waals surface area contributed by atoms with Crippen LogP contribution in [0.15, 0.2) is 4.42 Å². The van der Waals surface area contributed by atoms with Crippen LogP contribution in [0.1, 0.15) is 78.2 Å². The minimum Gasteiger partial charge on any atom is -0.446 e. The highest BCUT2D eigenvalue weighted by Gasteiger charge is 2.31. The summed E-state index contributed by atoms with van der Waals surface area (Å²) in [5.74, 6) is 0.437. The van der Waals surface area contributed by atoms with Gasteiger partial charge in [-0.25, -0.2) is 0 Å². The molecule has 2 N–H and O–H groups in total. The SMILES string of the molecule is CC(C)C[C@H](NC(=O)C1CCCCC1)C(O)c1nnc(OC(C)C)o1. The number of amides is 1.